The second-order valence-corrected chi connectivity index (χ2v) is 5.43. The molecule has 0 saturated carbocycles. The van der Waals surface area contributed by atoms with Crippen LogP contribution in [0.2, 0.25) is 0 Å². The van der Waals surface area contributed by atoms with Crippen molar-refractivity contribution in [2.24, 2.45) is 5.73 Å². The van der Waals surface area contributed by atoms with Gasteiger partial charge in [0, 0.05) is 13.0 Å². The maximum Gasteiger partial charge on any atom is 0.267 e. The highest BCUT2D eigenvalue weighted by molar-refractivity contribution is 5.82. The minimum Gasteiger partial charge on any atom is -0.386 e. The average molecular weight is 298 g/mol. The standard InChI is InChI=1S/C15H20F2N2O2/c1-2-10-3-5-11(6-4-10)13(20)12(18)14(21)19-8-7-15(16,17)9-19/h3-6,12-13,20H,2,7-9,18H2,1H3/t12-,13+/m1/s1. The smallest absolute Gasteiger partial charge is 0.267 e. The first-order chi connectivity index (χ1) is 9.84. The molecule has 1 aromatic rings. The third kappa shape index (κ3) is 3.57. The quantitative estimate of drug-likeness (QED) is 0.885. The van der Waals surface area contributed by atoms with Crippen molar-refractivity contribution in [3.8, 4) is 0 Å². The van der Waals surface area contributed by atoms with E-state index < -0.39 is 30.5 Å². The Balaban J connectivity index is 2.04. The minimum atomic E-state index is -2.86. The van der Waals surface area contributed by atoms with Crippen molar-refractivity contribution in [1.82, 2.24) is 4.90 Å². The summed E-state index contributed by atoms with van der Waals surface area (Å²) in [7, 11) is 0. The van der Waals surface area contributed by atoms with Crippen molar-refractivity contribution >= 4 is 5.91 Å². The largest absolute Gasteiger partial charge is 0.386 e. The van der Waals surface area contributed by atoms with E-state index in [4.69, 9.17) is 5.73 Å². The van der Waals surface area contributed by atoms with Gasteiger partial charge < -0.3 is 15.7 Å². The van der Waals surface area contributed by atoms with Crippen LogP contribution in [-0.2, 0) is 11.2 Å². The summed E-state index contributed by atoms with van der Waals surface area (Å²) >= 11 is 0. The van der Waals surface area contributed by atoms with Gasteiger partial charge in [-0.1, -0.05) is 31.2 Å². The van der Waals surface area contributed by atoms with Crippen LogP contribution in [0, 0.1) is 0 Å². The zero-order valence-corrected chi connectivity index (χ0v) is 11.9. The Labute approximate surface area is 122 Å². The number of benzene rings is 1. The van der Waals surface area contributed by atoms with Gasteiger partial charge in [0.15, 0.2) is 0 Å². The lowest BCUT2D eigenvalue weighted by Crippen LogP contribution is -2.46. The number of aryl methyl sites for hydroxylation is 1. The molecule has 0 spiro atoms. The normalized spacial score (nSPS) is 20.3. The second-order valence-electron chi connectivity index (χ2n) is 5.43. The van der Waals surface area contributed by atoms with Crippen LogP contribution in [0.3, 0.4) is 0 Å². The fourth-order valence-corrected chi connectivity index (χ4v) is 2.43. The molecule has 1 saturated heterocycles. The number of carbonyl (C=O) groups excluding carboxylic acids is 1. The molecule has 0 aromatic heterocycles. The number of rotatable bonds is 4. The molecule has 0 aliphatic carbocycles. The number of hydrogen-bond acceptors (Lipinski definition) is 3. The highest BCUT2D eigenvalue weighted by Gasteiger charge is 2.42. The van der Waals surface area contributed by atoms with Crippen LogP contribution in [0.25, 0.3) is 0 Å². The lowest BCUT2D eigenvalue weighted by molar-refractivity contribution is -0.135. The van der Waals surface area contributed by atoms with Crippen molar-refractivity contribution in [2.75, 3.05) is 13.1 Å². The molecule has 0 bridgehead atoms. The zero-order valence-electron chi connectivity index (χ0n) is 11.9. The number of alkyl halides is 2. The Hall–Kier alpha value is -1.53. The first-order valence-electron chi connectivity index (χ1n) is 7.03. The van der Waals surface area contributed by atoms with Gasteiger partial charge in [-0.2, -0.15) is 0 Å². The van der Waals surface area contributed by atoms with E-state index in [9.17, 15) is 18.7 Å². The first kappa shape index (κ1) is 15.9. The van der Waals surface area contributed by atoms with Crippen LogP contribution in [0.1, 0.15) is 30.6 Å². The monoisotopic (exact) mass is 298 g/mol. The zero-order chi connectivity index (χ0) is 15.6. The van der Waals surface area contributed by atoms with E-state index in [1.165, 1.54) is 0 Å². The summed E-state index contributed by atoms with van der Waals surface area (Å²) in [6, 6.07) is 5.87. The molecule has 116 valence electrons. The SMILES string of the molecule is CCc1ccc([C@H](O)[C@@H](N)C(=O)N2CCC(F)(F)C2)cc1. The summed E-state index contributed by atoms with van der Waals surface area (Å²) in [5, 5.41) is 10.2. The molecular formula is C15H20F2N2O2. The van der Waals surface area contributed by atoms with E-state index in [1.807, 2.05) is 19.1 Å². The van der Waals surface area contributed by atoms with Crippen LogP contribution >= 0.6 is 0 Å². The van der Waals surface area contributed by atoms with Crippen molar-refractivity contribution in [3.05, 3.63) is 35.4 Å². The number of aliphatic hydroxyl groups is 1. The van der Waals surface area contributed by atoms with Crippen LogP contribution in [-0.4, -0.2) is 41.0 Å². The Bertz CT molecular complexity index is 505. The van der Waals surface area contributed by atoms with Gasteiger partial charge in [0.25, 0.3) is 5.92 Å². The van der Waals surface area contributed by atoms with Gasteiger partial charge in [0.05, 0.1) is 6.54 Å². The van der Waals surface area contributed by atoms with Gasteiger partial charge in [0.1, 0.15) is 12.1 Å². The van der Waals surface area contributed by atoms with Gasteiger partial charge in [-0.05, 0) is 17.5 Å². The molecular weight excluding hydrogens is 278 g/mol. The molecule has 2 atom stereocenters. The summed E-state index contributed by atoms with van der Waals surface area (Å²) < 4.78 is 26.3. The third-order valence-electron chi connectivity index (χ3n) is 3.84. The molecule has 0 unspecified atom stereocenters. The fourth-order valence-electron chi connectivity index (χ4n) is 2.43. The Morgan fingerprint density at radius 1 is 1.43 bits per heavy atom. The van der Waals surface area contributed by atoms with Crippen molar-refractivity contribution in [2.45, 2.75) is 37.8 Å². The molecule has 2 rings (SSSR count). The molecule has 21 heavy (non-hydrogen) atoms. The van der Waals surface area contributed by atoms with Gasteiger partial charge >= 0.3 is 0 Å². The number of likely N-dealkylation sites (tertiary alicyclic amines) is 1. The Morgan fingerprint density at radius 3 is 2.52 bits per heavy atom. The van der Waals surface area contributed by atoms with Crippen LogP contribution in [0.5, 0.6) is 0 Å². The predicted octanol–water partition coefficient (Wildman–Crippen LogP) is 1.48. The van der Waals surface area contributed by atoms with E-state index in [0.717, 1.165) is 16.9 Å². The van der Waals surface area contributed by atoms with E-state index in [-0.39, 0.29) is 13.0 Å². The number of carbonyl (C=O) groups is 1. The summed E-state index contributed by atoms with van der Waals surface area (Å²) in [5.41, 5.74) is 7.36. The Morgan fingerprint density at radius 2 is 2.05 bits per heavy atom. The van der Waals surface area contributed by atoms with Crippen molar-refractivity contribution in [3.63, 3.8) is 0 Å². The van der Waals surface area contributed by atoms with E-state index in [2.05, 4.69) is 0 Å². The number of amides is 1. The number of hydrogen-bond donors (Lipinski definition) is 2. The maximum atomic E-state index is 13.1. The van der Waals surface area contributed by atoms with Crippen molar-refractivity contribution in [1.29, 1.82) is 0 Å². The molecule has 0 radical (unpaired) electrons. The van der Waals surface area contributed by atoms with Gasteiger partial charge in [-0.25, -0.2) is 8.78 Å². The third-order valence-corrected chi connectivity index (χ3v) is 3.84. The molecule has 1 aliphatic rings. The van der Waals surface area contributed by atoms with Crippen LogP contribution in [0.4, 0.5) is 8.78 Å². The summed E-state index contributed by atoms with van der Waals surface area (Å²) in [6.07, 6.45) is -0.686. The molecule has 1 fully saturated rings. The molecule has 6 heteroatoms. The molecule has 1 heterocycles. The van der Waals surface area contributed by atoms with E-state index in [1.54, 1.807) is 12.1 Å². The lowest BCUT2D eigenvalue weighted by Gasteiger charge is -2.24. The van der Waals surface area contributed by atoms with E-state index >= 15 is 0 Å². The number of nitrogens with two attached hydrogens (primary N) is 1. The molecule has 1 amide bonds. The lowest BCUT2D eigenvalue weighted by atomic mass is 10.00. The average Bonchev–Trinajstić information content (AvgIpc) is 2.85. The summed E-state index contributed by atoms with van der Waals surface area (Å²) in [5.74, 6) is -3.50. The summed E-state index contributed by atoms with van der Waals surface area (Å²) in [4.78, 5) is 13.1. The number of nitrogens with zero attached hydrogens (tertiary/aromatic N) is 1. The number of halogens is 2. The highest BCUT2D eigenvalue weighted by atomic mass is 19.3. The highest BCUT2D eigenvalue weighted by Crippen LogP contribution is 2.28. The molecule has 1 aromatic carbocycles. The van der Waals surface area contributed by atoms with Crippen molar-refractivity contribution < 1.29 is 18.7 Å². The molecule has 3 N–H and O–H groups in total. The van der Waals surface area contributed by atoms with E-state index in [0.29, 0.717) is 5.56 Å². The number of aliphatic hydroxyl groups excluding tert-OH is 1. The second kappa shape index (κ2) is 6.07. The topological polar surface area (TPSA) is 66.6 Å². The molecule has 4 nitrogen and oxygen atoms in total. The maximum absolute atomic E-state index is 13.1. The predicted molar refractivity (Wildman–Crippen MR) is 74.9 cm³/mol. The minimum absolute atomic E-state index is 0.0268. The van der Waals surface area contributed by atoms with Gasteiger partial charge in [0.2, 0.25) is 5.91 Å². The van der Waals surface area contributed by atoms with Gasteiger partial charge in [-0.15, -0.1) is 0 Å². The van der Waals surface area contributed by atoms with Crippen LogP contribution in [0.15, 0.2) is 24.3 Å². The molecule has 1 aliphatic heterocycles. The first-order valence-corrected chi connectivity index (χ1v) is 7.03. The fraction of sp³-hybridized carbons (Fsp3) is 0.533. The Kier molecular flexibility index (Phi) is 4.58. The van der Waals surface area contributed by atoms with Gasteiger partial charge in [-0.3, -0.25) is 4.79 Å². The van der Waals surface area contributed by atoms with Crippen LogP contribution < -0.4 is 5.73 Å². The summed E-state index contributed by atoms with van der Waals surface area (Å²) in [6.45, 7) is 1.36.